The largest absolute Gasteiger partial charge is 0.507 e. The lowest BCUT2D eigenvalue weighted by Gasteiger charge is -2.28. The van der Waals surface area contributed by atoms with Gasteiger partial charge in [-0.15, -0.1) is 0 Å². The number of phenolic OH excluding ortho intramolecular Hbond substituents is 1. The molecule has 1 aromatic carbocycles. The van der Waals surface area contributed by atoms with Crippen LogP contribution >= 0.6 is 0 Å². The van der Waals surface area contributed by atoms with Crippen LogP contribution in [0.2, 0.25) is 0 Å². The minimum Gasteiger partial charge on any atom is -0.507 e. The van der Waals surface area contributed by atoms with Gasteiger partial charge in [-0.3, -0.25) is 9.97 Å². The Hall–Kier alpha value is -2.57. The Bertz CT molecular complexity index is 953. The van der Waals surface area contributed by atoms with E-state index in [1.807, 2.05) is 34.6 Å². The summed E-state index contributed by atoms with van der Waals surface area (Å²) in [5.41, 5.74) is 1.58. The fourth-order valence-electron chi connectivity index (χ4n) is 3.48. The lowest BCUT2D eigenvalue weighted by atomic mass is 9.78. The predicted molar refractivity (Wildman–Crippen MR) is 96.7 cm³/mol. The number of benzene rings is 1. The zero-order valence-corrected chi connectivity index (χ0v) is 15.5. The normalized spacial score (nSPS) is 11.8. The summed E-state index contributed by atoms with van der Waals surface area (Å²) in [7, 11) is 0. The van der Waals surface area contributed by atoms with E-state index in [1.54, 1.807) is 6.92 Å². The summed E-state index contributed by atoms with van der Waals surface area (Å²) >= 11 is 0. The van der Waals surface area contributed by atoms with Crippen molar-refractivity contribution in [1.29, 1.82) is 0 Å². The van der Waals surface area contributed by atoms with Gasteiger partial charge in [0.1, 0.15) is 5.75 Å². The number of aromatic amines is 2. The zero-order chi connectivity index (χ0) is 19.1. The van der Waals surface area contributed by atoms with Gasteiger partial charge in [-0.2, -0.15) is 0 Å². The van der Waals surface area contributed by atoms with Crippen molar-refractivity contribution in [2.45, 2.75) is 59.9 Å². The molecule has 7 heteroatoms. The Balaban J connectivity index is 2.78. The van der Waals surface area contributed by atoms with Crippen LogP contribution in [0.4, 0.5) is 0 Å². The maximum Gasteiger partial charge on any atom is 0.333 e. The van der Waals surface area contributed by atoms with Crippen LogP contribution in [-0.4, -0.2) is 19.6 Å². The molecular formula is C18H25N3O4. The third-order valence-electron chi connectivity index (χ3n) is 4.59. The lowest BCUT2D eigenvalue weighted by Crippen LogP contribution is -2.43. The zero-order valence-electron chi connectivity index (χ0n) is 15.5. The Labute approximate surface area is 145 Å². The van der Waals surface area contributed by atoms with Gasteiger partial charge in [0.25, 0.3) is 0 Å². The van der Waals surface area contributed by atoms with Crippen LogP contribution in [0.3, 0.4) is 0 Å². The first kappa shape index (κ1) is 18.8. The van der Waals surface area contributed by atoms with Crippen molar-refractivity contribution < 1.29 is 5.11 Å². The third-order valence-corrected chi connectivity index (χ3v) is 4.59. The quantitative estimate of drug-likeness (QED) is 0.781. The molecule has 0 saturated carbocycles. The van der Waals surface area contributed by atoms with Crippen LogP contribution in [0.25, 0.3) is 0 Å². The number of H-pyrrole nitrogens is 2. The summed E-state index contributed by atoms with van der Waals surface area (Å²) in [6, 6.07) is 0. The summed E-state index contributed by atoms with van der Waals surface area (Å²) < 4.78 is 0.929. The molecule has 1 aromatic heterocycles. The van der Waals surface area contributed by atoms with E-state index >= 15 is 0 Å². The van der Waals surface area contributed by atoms with Gasteiger partial charge in [-0.25, -0.2) is 19.0 Å². The summed E-state index contributed by atoms with van der Waals surface area (Å²) in [5.74, 6) is 0.186. The second-order valence-electron chi connectivity index (χ2n) is 7.31. The summed E-state index contributed by atoms with van der Waals surface area (Å²) in [4.78, 5) is 39.3. The highest BCUT2D eigenvalue weighted by Gasteiger charge is 2.26. The van der Waals surface area contributed by atoms with Gasteiger partial charge in [0.15, 0.2) is 0 Å². The molecule has 1 heterocycles. The summed E-state index contributed by atoms with van der Waals surface area (Å²) in [6.45, 7) is 11.8. The molecule has 0 radical (unpaired) electrons. The molecule has 2 rings (SSSR count). The average molecular weight is 347 g/mol. The van der Waals surface area contributed by atoms with Crippen LogP contribution < -0.4 is 17.1 Å². The molecule has 7 nitrogen and oxygen atoms in total. The first-order chi connectivity index (χ1) is 11.5. The Morgan fingerprint density at radius 3 is 1.92 bits per heavy atom. The second kappa shape index (κ2) is 6.38. The van der Waals surface area contributed by atoms with E-state index < -0.39 is 17.1 Å². The van der Waals surface area contributed by atoms with Crippen molar-refractivity contribution in [3.8, 4) is 5.75 Å². The Kier molecular flexibility index (Phi) is 4.79. The van der Waals surface area contributed by atoms with E-state index in [1.165, 1.54) is 0 Å². The van der Waals surface area contributed by atoms with E-state index in [-0.39, 0.29) is 17.7 Å². The molecule has 0 atom stereocenters. The molecule has 0 spiro atoms. The smallest absolute Gasteiger partial charge is 0.333 e. The molecule has 0 aliphatic carbocycles. The molecule has 0 fully saturated rings. The number of hydrogen-bond acceptors (Lipinski definition) is 4. The van der Waals surface area contributed by atoms with E-state index in [4.69, 9.17) is 0 Å². The van der Waals surface area contributed by atoms with Crippen molar-refractivity contribution >= 4 is 0 Å². The molecule has 0 aliphatic rings. The highest BCUT2D eigenvalue weighted by atomic mass is 16.3. The molecule has 3 N–H and O–H groups in total. The minimum absolute atomic E-state index is 0.0151. The lowest BCUT2D eigenvalue weighted by molar-refractivity contribution is 0.439. The number of aromatic hydroxyl groups is 1. The minimum atomic E-state index is -0.833. The second-order valence-corrected chi connectivity index (χ2v) is 7.31. The maximum atomic E-state index is 12.0. The SMILES string of the molecule is CCc1c(C)c(C(C)(C)C)c(O)c(C)c1Cn1c(=O)[nH]c(=O)[nH]c1=O. The van der Waals surface area contributed by atoms with Crippen LogP contribution in [0, 0.1) is 13.8 Å². The molecule has 0 amide bonds. The van der Waals surface area contributed by atoms with Crippen molar-refractivity contribution in [3.05, 3.63) is 59.3 Å². The topological polar surface area (TPSA) is 108 Å². The van der Waals surface area contributed by atoms with Gasteiger partial charge in [-0.05, 0) is 47.9 Å². The molecule has 2 aromatic rings. The van der Waals surface area contributed by atoms with Gasteiger partial charge < -0.3 is 5.11 Å². The van der Waals surface area contributed by atoms with E-state index in [2.05, 4.69) is 9.97 Å². The van der Waals surface area contributed by atoms with Crippen molar-refractivity contribution in [3.63, 3.8) is 0 Å². The highest BCUT2D eigenvalue weighted by molar-refractivity contribution is 5.56. The first-order valence-corrected chi connectivity index (χ1v) is 8.26. The number of nitrogens with zero attached hydrogens (tertiary/aromatic N) is 1. The van der Waals surface area contributed by atoms with Gasteiger partial charge in [0, 0.05) is 5.56 Å². The van der Waals surface area contributed by atoms with Crippen LogP contribution in [0.5, 0.6) is 5.75 Å². The van der Waals surface area contributed by atoms with Gasteiger partial charge in [-0.1, -0.05) is 27.7 Å². The summed E-state index contributed by atoms with van der Waals surface area (Å²) in [5, 5.41) is 10.7. The molecule has 0 unspecified atom stereocenters. The maximum absolute atomic E-state index is 12.0. The van der Waals surface area contributed by atoms with Crippen LogP contribution in [0.1, 0.15) is 55.5 Å². The van der Waals surface area contributed by atoms with Gasteiger partial charge >= 0.3 is 17.1 Å². The molecular weight excluding hydrogens is 322 g/mol. The van der Waals surface area contributed by atoms with Crippen LogP contribution in [-0.2, 0) is 18.4 Å². The number of rotatable bonds is 3. The standard InChI is InChI=1S/C18H25N3O4/c1-7-11-9(2)13(18(4,5)6)14(22)10(3)12(11)8-21-16(24)19-15(23)20-17(21)25/h22H,7-8H2,1-6H3,(H2,19,20,23,24,25). The molecule has 0 bridgehead atoms. The Morgan fingerprint density at radius 1 is 0.960 bits per heavy atom. The van der Waals surface area contributed by atoms with Crippen molar-refractivity contribution in [2.24, 2.45) is 0 Å². The third kappa shape index (κ3) is 3.31. The molecule has 0 saturated heterocycles. The summed E-state index contributed by atoms with van der Waals surface area (Å²) in [6.07, 6.45) is 0.696. The Morgan fingerprint density at radius 2 is 1.48 bits per heavy atom. The molecule has 136 valence electrons. The van der Waals surface area contributed by atoms with Gasteiger partial charge in [0.05, 0.1) is 6.54 Å². The van der Waals surface area contributed by atoms with E-state index in [0.29, 0.717) is 12.0 Å². The molecule has 25 heavy (non-hydrogen) atoms. The first-order valence-electron chi connectivity index (χ1n) is 8.26. The highest BCUT2D eigenvalue weighted by Crippen LogP contribution is 2.40. The monoisotopic (exact) mass is 347 g/mol. The van der Waals surface area contributed by atoms with Crippen molar-refractivity contribution in [2.75, 3.05) is 0 Å². The number of aromatic nitrogens is 3. The fourth-order valence-corrected chi connectivity index (χ4v) is 3.48. The fraction of sp³-hybridized carbons (Fsp3) is 0.500. The van der Waals surface area contributed by atoms with E-state index in [0.717, 1.165) is 26.8 Å². The number of nitrogens with one attached hydrogen (secondary N) is 2. The van der Waals surface area contributed by atoms with Gasteiger partial charge in [0.2, 0.25) is 0 Å². The number of hydrogen-bond donors (Lipinski definition) is 3. The predicted octanol–water partition coefficient (Wildman–Crippen LogP) is 1.46. The van der Waals surface area contributed by atoms with Crippen molar-refractivity contribution in [1.82, 2.24) is 14.5 Å². The molecule has 0 aliphatic heterocycles. The average Bonchev–Trinajstić information content (AvgIpc) is 2.46. The van der Waals surface area contributed by atoms with E-state index in [9.17, 15) is 19.5 Å². The van der Waals surface area contributed by atoms with Crippen LogP contribution in [0.15, 0.2) is 14.4 Å². The number of phenols is 1.